The van der Waals surface area contributed by atoms with Crippen LogP contribution in [0.15, 0.2) is 0 Å². The molecule has 1 aliphatic heterocycles. The number of carbonyl (C=O) groups excluding carboxylic acids is 2. The van der Waals surface area contributed by atoms with Gasteiger partial charge in [0, 0.05) is 19.3 Å². The van der Waals surface area contributed by atoms with Gasteiger partial charge in [-0.2, -0.15) is 0 Å². The standard InChI is InChI=1S/C18H32O6Si/c1-11(19)22-12-9-13(18(5)14(10-12)23-18)15(16(20)21-6)24-25(7,8)17(2,3)4/h12-15H,9-10H2,1-8H3/t12-,13+,14+,15-,18-/m1/s1. The third kappa shape index (κ3) is 4.09. The third-order valence-corrected chi connectivity index (χ3v) is 10.5. The largest absolute Gasteiger partial charge is 0.467 e. The Balaban J connectivity index is 2.27. The lowest BCUT2D eigenvalue weighted by molar-refractivity contribution is -0.157. The van der Waals surface area contributed by atoms with Crippen LogP contribution in [0.5, 0.6) is 0 Å². The second-order valence-corrected chi connectivity index (χ2v) is 13.7. The molecule has 6 nitrogen and oxygen atoms in total. The molecule has 0 unspecified atom stereocenters. The van der Waals surface area contributed by atoms with Crippen LogP contribution in [0.3, 0.4) is 0 Å². The molecule has 1 aliphatic carbocycles. The molecule has 5 atom stereocenters. The summed E-state index contributed by atoms with van der Waals surface area (Å²) in [6.45, 7) is 14.0. The van der Waals surface area contributed by atoms with E-state index in [-0.39, 0.29) is 35.1 Å². The molecule has 2 aliphatic rings. The Morgan fingerprint density at radius 1 is 1.24 bits per heavy atom. The summed E-state index contributed by atoms with van der Waals surface area (Å²) in [6.07, 6.45) is 0.241. The van der Waals surface area contributed by atoms with Crippen molar-refractivity contribution < 1.29 is 28.2 Å². The highest BCUT2D eigenvalue weighted by molar-refractivity contribution is 6.74. The van der Waals surface area contributed by atoms with Crippen molar-refractivity contribution in [1.82, 2.24) is 0 Å². The molecule has 1 heterocycles. The number of carbonyl (C=O) groups is 2. The van der Waals surface area contributed by atoms with Gasteiger partial charge < -0.3 is 18.6 Å². The Bertz CT molecular complexity index is 540. The van der Waals surface area contributed by atoms with Crippen LogP contribution in [-0.4, -0.2) is 51.3 Å². The van der Waals surface area contributed by atoms with Crippen molar-refractivity contribution in [3.05, 3.63) is 0 Å². The van der Waals surface area contributed by atoms with Crippen LogP contribution in [0, 0.1) is 5.92 Å². The van der Waals surface area contributed by atoms with Crippen molar-refractivity contribution >= 4 is 20.3 Å². The van der Waals surface area contributed by atoms with E-state index in [2.05, 4.69) is 33.9 Å². The van der Waals surface area contributed by atoms with Crippen molar-refractivity contribution in [2.75, 3.05) is 7.11 Å². The summed E-state index contributed by atoms with van der Waals surface area (Å²) >= 11 is 0. The topological polar surface area (TPSA) is 74.4 Å². The molecule has 1 saturated carbocycles. The Labute approximate surface area is 151 Å². The summed E-state index contributed by atoms with van der Waals surface area (Å²) in [5.41, 5.74) is -0.419. The van der Waals surface area contributed by atoms with Crippen molar-refractivity contribution in [3.63, 3.8) is 0 Å². The molecule has 7 heteroatoms. The van der Waals surface area contributed by atoms with E-state index in [1.807, 2.05) is 6.92 Å². The normalized spacial score (nSPS) is 33.2. The van der Waals surface area contributed by atoms with Crippen molar-refractivity contribution in [2.24, 2.45) is 5.92 Å². The number of rotatable bonds is 5. The van der Waals surface area contributed by atoms with Gasteiger partial charge in [-0.1, -0.05) is 20.8 Å². The minimum Gasteiger partial charge on any atom is -0.467 e. The predicted molar refractivity (Wildman–Crippen MR) is 95.6 cm³/mol. The van der Waals surface area contributed by atoms with E-state index < -0.39 is 20.0 Å². The van der Waals surface area contributed by atoms with Gasteiger partial charge in [-0.3, -0.25) is 4.79 Å². The highest BCUT2D eigenvalue weighted by Crippen LogP contribution is 2.54. The lowest BCUT2D eigenvalue weighted by Gasteiger charge is -2.42. The van der Waals surface area contributed by atoms with Gasteiger partial charge in [-0.05, 0) is 31.5 Å². The monoisotopic (exact) mass is 372 g/mol. The number of hydrogen-bond donors (Lipinski definition) is 0. The van der Waals surface area contributed by atoms with E-state index in [9.17, 15) is 9.59 Å². The molecule has 2 fully saturated rings. The van der Waals surface area contributed by atoms with Gasteiger partial charge in [-0.25, -0.2) is 4.79 Å². The number of epoxide rings is 1. The summed E-state index contributed by atoms with van der Waals surface area (Å²) in [5.74, 6) is -0.890. The predicted octanol–water partition coefficient (Wildman–Crippen LogP) is 3.05. The first-order valence-electron chi connectivity index (χ1n) is 8.92. The van der Waals surface area contributed by atoms with E-state index >= 15 is 0 Å². The zero-order valence-electron chi connectivity index (χ0n) is 16.7. The second kappa shape index (κ2) is 6.67. The van der Waals surface area contributed by atoms with Crippen molar-refractivity contribution in [1.29, 1.82) is 0 Å². The van der Waals surface area contributed by atoms with Crippen LogP contribution in [0.4, 0.5) is 0 Å². The first kappa shape index (κ1) is 20.4. The van der Waals surface area contributed by atoms with Crippen LogP contribution in [0.25, 0.3) is 0 Å². The van der Waals surface area contributed by atoms with Crippen LogP contribution < -0.4 is 0 Å². The molecule has 0 N–H and O–H groups in total. The quantitative estimate of drug-likeness (QED) is 0.419. The lowest BCUT2D eigenvalue weighted by Crippen LogP contribution is -2.53. The summed E-state index contributed by atoms with van der Waals surface area (Å²) in [7, 11) is -0.814. The lowest BCUT2D eigenvalue weighted by atomic mass is 9.75. The molecule has 2 rings (SSSR count). The summed E-state index contributed by atoms with van der Waals surface area (Å²) in [4.78, 5) is 23.9. The minimum absolute atomic E-state index is 0.00854. The van der Waals surface area contributed by atoms with E-state index in [0.29, 0.717) is 12.8 Å². The zero-order chi connectivity index (χ0) is 19.2. The molecular weight excluding hydrogens is 340 g/mol. The number of fused-ring (bicyclic) bond motifs is 1. The number of methoxy groups -OCH3 is 1. The fourth-order valence-electron chi connectivity index (χ4n) is 3.39. The maximum atomic E-state index is 12.6. The molecule has 0 radical (unpaired) electrons. The summed E-state index contributed by atoms with van der Waals surface area (Å²) in [5, 5.41) is -0.0338. The van der Waals surface area contributed by atoms with E-state index in [4.69, 9.17) is 18.6 Å². The van der Waals surface area contributed by atoms with Crippen molar-refractivity contribution in [2.45, 2.75) is 89.5 Å². The minimum atomic E-state index is -2.19. The van der Waals surface area contributed by atoms with E-state index in [1.165, 1.54) is 14.0 Å². The van der Waals surface area contributed by atoms with Gasteiger partial charge in [0.2, 0.25) is 0 Å². The number of hydrogen-bond acceptors (Lipinski definition) is 6. The van der Waals surface area contributed by atoms with Crippen molar-refractivity contribution in [3.8, 4) is 0 Å². The SMILES string of the molecule is COC(=O)[C@H](O[Si](C)(C)C(C)(C)C)[C@@H]1C[C@@H](OC(C)=O)C[C@@H]2O[C@@]21C. The van der Waals surface area contributed by atoms with Gasteiger partial charge in [0.25, 0.3) is 0 Å². The molecular formula is C18H32O6Si. The molecule has 0 bridgehead atoms. The molecule has 0 aromatic rings. The van der Waals surface area contributed by atoms with Gasteiger partial charge in [0.1, 0.15) is 12.2 Å². The molecule has 25 heavy (non-hydrogen) atoms. The average molecular weight is 373 g/mol. The Morgan fingerprint density at radius 2 is 1.84 bits per heavy atom. The van der Waals surface area contributed by atoms with Crippen LogP contribution in [0.1, 0.15) is 47.5 Å². The third-order valence-electron chi connectivity index (χ3n) is 6.07. The zero-order valence-corrected chi connectivity index (χ0v) is 17.7. The molecule has 0 aromatic heterocycles. The first-order valence-corrected chi connectivity index (χ1v) is 11.8. The molecule has 0 aromatic carbocycles. The maximum absolute atomic E-state index is 12.6. The smallest absolute Gasteiger partial charge is 0.334 e. The van der Waals surface area contributed by atoms with Crippen LogP contribution in [-0.2, 0) is 28.2 Å². The molecule has 0 amide bonds. The van der Waals surface area contributed by atoms with Gasteiger partial charge in [0.05, 0.1) is 18.8 Å². The maximum Gasteiger partial charge on any atom is 0.334 e. The molecule has 144 valence electrons. The van der Waals surface area contributed by atoms with E-state index in [0.717, 1.165) is 0 Å². The fraction of sp³-hybridized carbons (Fsp3) is 0.889. The fourth-order valence-corrected chi connectivity index (χ4v) is 4.64. The Kier molecular flexibility index (Phi) is 5.44. The van der Waals surface area contributed by atoms with Gasteiger partial charge >= 0.3 is 11.9 Å². The van der Waals surface area contributed by atoms with E-state index in [1.54, 1.807) is 0 Å². The average Bonchev–Trinajstić information content (AvgIpc) is 3.12. The highest BCUT2D eigenvalue weighted by atomic mass is 28.4. The van der Waals surface area contributed by atoms with Crippen LogP contribution >= 0.6 is 0 Å². The van der Waals surface area contributed by atoms with Crippen LogP contribution in [0.2, 0.25) is 18.1 Å². The number of esters is 2. The van der Waals surface area contributed by atoms with Gasteiger partial charge in [-0.15, -0.1) is 0 Å². The first-order chi connectivity index (χ1) is 11.3. The summed E-state index contributed by atoms with van der Waals surface area (Å²) in [6, 6.07) is 0. The Hall–Kier alpha value is -0.923. The summed E-state index contributed by atoms with van der Waals surface area (Å²) < 4.78 is 22.8. The molecule has 1 saturated heterocycles. The second-order valence-electron chi connectivity index (χ2n) is 8.92. The number of ether oxygens (including phenoxy) is 3. The highest BCUT2D eigenvalue weighted by Gasteiger charge is 2.65. The Morgan fingerprint density at radius 3 is 2.32 bits per heavy atom. The van der Waals surface area contributed by atoms with Gasteiger partial charge in [0.15, 0.2) is 8.32 Å². The molecule has 0 spiro atoms.